The molecule has 0 aromatic heterocycles. The van der Waals surface area contributed by atoms with Gasteiger partial charge in [-0.25, -0.2) is 0 Å². The molecule has 0 aliphatic heterocycles. The zero-order valence-electron chi connectivity index (χ0n) is 1.80. The monoisotopic (exact) mass is 159 g/mol. The first kappa shape index (κ1) is 18.3. The van der Waals surface area contributed by atoms with E-state index in [0.29, 0.717) is 16.2 Å². The van der Waals surface area contributed by atoms with E-state index in [1.807, 2.05) is 0 Å². The molecule has 0 aromatic rings. The molecule has 0 atom stereocenters. The summed E-state index contributed by atoms with van der Waals surface area (Å²) < 4.78 is 8.28. The van der Waals surface area contributed by atoms with Crippen molar-refractivity contribution in [3.05, 3.63) is 0 Å². The van der Waals surface area contributed by atoms with Gasteiger partial charge in [0.05, 0.1) is 0 Å². The molecule has 0 amide bonds. The molecule has 1 nitrogen and oxygen atoms in total. The van der Waals surface area contributed by atoms with Crippen LogP contribution in [0.25, 0.3) is 0 Å². The van der Waals surface area contributed by atoms with Crippen molar-refractivity contribution >= 4 is 16.2 Å². The van der Waals surface area contributed by atoms with Crippen LogP contribution < -0.4 is 0 Å². The van der Waals surface area contributed by atoms with Crippen molar-refractivity contribution in [1.29, 1.82) is 0 Å². The molecule has 0 saturated heterocycles. The third-order valence-electron chi connectivity index (χ3n) is 0. The Morgan fingerprint density at radius 3 is 1.25 bits per heavy atom. The number of rotatable bonds is 0. The van der Waals surface area contributed by atoms with Gasteiger partial charge in [-0.2, -0.15) is 0 Å². The van der Waals surface area contributed by atoms with Gasteiger partial charge >= 0.3 is 20.0 Å². The van der Waals surface area contributed by atoms with Gasteiger partial charge in [0.25, 0.3) is 0 Å². The molecule has 4 heavy (non-hydrogen) atoms. The number of hydrogen-bond acceptors (Lipinski definition) is 1. The van der Waals surface area contributed by atoms with Crippen LogP contribution in [0, 0.1) is 0 Å². The van der Waals surface area contributed by atoms with Crippen LogP contribution >= 0.6 is 0 Å². The van der Waals surface area contributed by atoms with Crippen molar-refractivity contribution in [2.45, 2.75) is 0 Å². The molecule has 0 fully saturated rings. The predicted octanol–water partition coefficient (Wildman–Crippen LogP) is -0.772. The second-order valence-electron chi connectivity index (χ2n) is 0. The Labute approximate surface area is 53.8 Å². The first-order valence-electron chi connectivity index (χ1n) is 0.289. The van der Waals surface area contributed by atoms with Crippen LogP contribution in [0.2, 0.25) is 0 Å². The molecule has 0 rings (SSSR count). The van der Waals surface area contributed by atoms with E-state index in [4.69, 9.17) is 3.80 Å². The summed E-state index contributed by atoms with van der Waals surface area (Å²) in [5.74, 6) is 0. The van der Waals surface area contributed by atoms with Gasteiger partial charge in [-0.15, -0.1) is 0 Å². The minimum atomic E-state index is 0. The van der Waals surface area contributed by atoms with Crippen molar-refractivity contribution in [3.63, 3.8) is 0 Å². The molecular formula is HAlCoFeO. The van der Waals surface area contributed by atoms with E-state index in [1.165, 1.54) is 0 Å². The molecule has 0 heterocycles. The van der Waals surface area contributed by atoms with Crippen LogP contribution in [0.5, 0.6) is 0 Å². The summed E-state index contributed by atoms with van der Waals surface area (Å²) in [6, 6.07) is 0. The van der Waals surface area contributed by atoms with Crippen LogP contribution in [-0.4, -0.2) is 16.2 Å². The molecule has 0 spiro atoms. The van der Waals surface area contributed by atoms with Crippen LogP contribution in [0.4, 0.5) is 0 Å². The van der Waals surface area contributed by atoms with Crippen LogP contribution in [0.15, 0.2) is 0 Å². The topological polar surface area (TPSA) is 17.1 Å². The third-order valence-corrected chi connectivity index (χ3v) is 0. The van der Waals surface area contributed by atoms with E-state index in [2.05, 4.69) is 0 Å². The van der Waals surface area contributed by atoms with Gasteiger partial charge in [-0.05, 0) is 0 Å². The fourth-order valence-corrected chi connectivity index (χ4v) is 0. The predicted molar refractivity (Wildman–Crippen MR) is 7.84 cm³/mol. The SMILES string of the molecule is [Co].[Fe].[O]=[AlH]. The van der Waals surface area contributed by atoms with Gasteiger partial charge in [0.2, 0.25) is 0 Å². The first-order valence-corrected chi connectivity index (χ1v) is 0.866. The standard InChI is InChI=1S/Al.Co.Fe.O.H. The first-order chi connectivity index (χ1) is 1.00. The Kier molecular flexibility index (Phi) is 122. The molecule has 0 saturated carbocycles. The summed E-state index contributed by atoms with van der Waals surface area (Å²) in [5.41, 5.74) is 0. The molecule has 0 unspecified atom stereocenters. The summed E-state index contributed by atoms with van der Waals surface area (Å²) in [7, 11) is 0. The molecule has 4 heteroatoms. The van der Waals surface area contributed by atoms with E-state index < -0.39 is 0 Å². The summed E-state index contributed by atoms with van der Waals surface area (Å²) in [4.78, 5) is 0. The summed E-state index contributed by atoms with van der Waals surface area (Å²) >= 11 is 0.611. The quantitative estimate of drug-likeness (QED) is 0.424. The zero-order chi connectivity index (χ0) is 2.00. The Balaban J connectivity index is -0.00000000500. The maximum absolute atomic E-state index is 8.28. The van der Waals surface area contributed by atoms with Gasteiger partial charge in [0, 0.05) is 33.8 Å². The fourth-order valence-electron chi connectivity index (χ4n) is 0. The van der Waals surface area contributed by atoms with Crippen LogP contribution in [0.3, 0.4) is 0 Å². The summed E-state index contributed by atoms with van der Waals surface area (Å²) in [6.07, 6.45) is 0. The molecule has 0 aliphatic carbocycles. The second kappa shape index (κ2) is 26.6. The molecule has 0 aliphatic rings. The van der Waals surface area contributed by atoms with Gasteiger partial charge in [0.15, 0.2) is 0 Å². The van der Waals surface area contributed by atoms with E-state index in [1.54, 1.807) is 0 Å². The summed E-state index contributed by atoms with van der Waals surface area (Å²) in [6.45, 7) is 0. The average Bonchev–Trinajstić information content (AvgIpc) is 1.00. The molecule has 27 valence electrons. The van der Waals surface area contributed by atoms with Crippen LogP contribution in [0.1, 0.15) is 0 Å². The van der Waals surface area contributed by atoms with E-state index in [9.17, 15) is 0 Å². The molecular weight excluding hydrogens is 158 g/mol. The van der Waals surface area contributed by atoms with Gasteiger partial charge < -0.3 is 0 Å². The Hall–Kier alpha value is 1.36. The van der Waals surface area contributed by atoms with Crippen molar-refractivity contribution in [2.24, 2.45) is 0 Å². The molecule has 0 bridgehead atoms. The van der Waals surface area contributed by atoms with Gasteiger partial charge in [-0.1, -0.05) is 0 Å². The Morgan fingerprint density at radius 2 is 1.25 bits per heavy atom. The van der Waals surface area contributed by atoms with E-state index in [-0.39, 0.29) is 33.8 Å². The van der Waals surface area contributed by atoms with E-state index in [0.717, 1.165) is 0 Å². The normalized spacial score (nSPS) is 0.750. The minimum absolute atomic E-state index is 0. The van der Waals surface area contributed by atoms with Crippen molar-refractivity contribution in [2.75, 3.05) is 0 Å². The second-order valence-corrected chi connectivity index (χ2v) is 0. The van der Waals surface area contributed by atoms with Gasteiger partial charge in [-0.3, -0.25) is 0 Å². The fraction of sp³-hybridized carbons (Fsp3) is 0. The maximum atomic E-state index is 8.28. The number of hydrogen-bond donors (Lipinski definition) is 0. The Morgan fingerprint density at radius 1 is 1.25 bits per heavy atom. The molecule has 0 N–H and O–H groups in total. The van der Waals surface area contributed by atoms with E-state index >= 15 is 0 Å². The van der Waals surface area contributed by atoms with Gasteiger partial charge in [0.1, 0.15) is 0 Å². The Bertz CT molecular complexity index is 8.00. The molecule has 0 aromatic carbocycles. The van der Waals surface area contributed by atoms with Crippen molar-refractivity contribution in [3.8, 4) is 0 Å². The van der Waals surface area contributed by atoms with Crippen LogP contribution in [-0.2, 0) is 37.7 Å². The summed E-state index contributed by atoms with van der Waals surface area (Å²) in [5, 5.41) is 0. The van der Waals surface area contributed by atoms with Crippen molar-refractivity contribution < 1.29 is 37.7 Å². The molecule has 1 radical (unpaired) electrons. The third kappa shape index (κ3) is 10.1. The van der Waals surface area contributed by atoms with Crippen molar-refractivity contribution in [1.82, 2.24) is 0 Å². The zero-order valence-corrected chi connectivity index (χ0v) is 5.36. The average molecular weight is 159 g/mol.